The van der Waals surface area contributed by atoms with E-state index in [0.717, 1.165) is 5.03 Å². The second kappa shape index (κ2) is 3.78. The van der Waals surface area contributed by atoms with Crippen molar-refractivity contribution in [2.75, 3.05) is 0 Å². The first-order valence-corrected chi connectivity index (χ1v) is 5.91. The fourth-order valence-electron chi connectivity index (χ4n) is 1.83. The van der Waals surface area contributed by atoms with Crippen LogP contribution in [-0.4, -0.2) is 5.24 Å². The van der Waals surface area contributed by atoms with Crippen LogP contribution in [0.25, 0.3) is 0 Å². The fourth-order valence-corrected chi connectivity index (χ4v) is 2.38. The van der Waals surface area contributed by atoms with Gasteiger partial charge >= 0.3 is 0 Å². The first-order valence-electron chi connectivity index (χ1n) is 5.15. The van der Waals surface area contributed by atoms with E-state index in [1.807, 2.05) is 19.9 Å². The molecule has 0 aromatic rings. The number of carbonyl (C=O) groups excluding carboxylic acids is 1. The Balaban J connectivity index is 2.83. The lowest BCUT2D eigenvalue weighted by atomic mass is 9.94. The summed E-state index contributed by atoms with van der Waals surface area (Å²) in [6.45, 7) is 10.3. The number of rotatable bonds is 2. The summed E-state index contributed by atoms with van der Waals surface area (Å²) in [5.74, 6) is 0.115. The minimum atomic E-state index is -0.250. The van der Waals surface area contributed by atoms with Gasteiger partial charge in [-0.2, -0.15) is 0 Å². The zero-order chi connectivity index (χ0) is 12.0. The SMILES string of the molecule is CC(C)(C)C(Cl)=C[C@@H]1[C@@H](C(=O)Cl)C1(C)C. The summed E-state index contributed by atoms with van der Waals surface area (Å²) in [7, 11) is 0. The summed E-state index contributed by atoms with van der Waals surface area (Å²) in [4.78, 5) is 11.2. The van der Waals surface area contributed by atoms with E-state index in [1.165, 1.54) is 0 Å². The van der Waals surface area contributed by atoms with Crippen LogP contribution in [0.3, 0.4) is 0 Å². The summed E-state index contributed by atoms with van der Waals surface area (Å²) in [6.07, 6.45) is 1.99. The monoisotopic (exact) mass is 248 g/mol. The van der Waals surface area contributed by atoms with Crippen LogP contribution in [-0.2, 0) is 4.79 Å². The Kier molecular flexibility index (Phi) is 3.29. The molecule has 0 aliphatic heterocycles. The first-order chi connectivity index (χ1) is 6.58. The van der Waals surface area contributed by atoms with E-state index in [2.05, 4.69) is 20.8 Å². The Morgan fingerprint density at radius 3 is 2.00 bits per heavy atom. The van der Waals surface area contributed by atoms with Crippen LogP contribution in [0.2, 0.25) is 0 Å². The molecule has 0 aromatic carbocycles. The third-order valence-electron chi connectivity index (χ3n) is 3.20. The van der Waals surface area contributed by atoms with Gasteiger partial charge in [0.05, 0.1) is 0 Å². The van der Waals surface area contributed by atoms with Gasteiger partial charge in [-0.05, 0) is 28.3 Å². The Morgan fingerprint density at radius 1 is 1.27 bits per heavy atom. The van der Waals surface area contributed by atoms with E-state index in [4.69, 9.17) is 23.2 Å². The highest BCUT2D eigenvalue weighted by Gasteiger charge is 2.60. The van der Waals surface area contributed by atoms with Gasteiger partial charge in [0.25, 0.3) is 0 Å². The van der Waals surface area contributed by atoms with Crippen molar-refractivity contribution in [3.05, 3.63) is 11.1 Å². The van der Waals surface area contributed by atoms with E-state index >= 15 is 0 Å². The van der Waals surface area contributed by atoms with Crippen LogP contribution in [0, 0.1) is 22.7 Å². The van der Waals surface area contributed by atoms with Crippen molar-refractivity contribution in [3.8, 4) is 0 Å². The van der Waals surface area contributed by atoms with Gasteiger partial charge in [0.15, 0.2) is 0 Å². The van der Waals surface area contributed by atoms with Gasteiger partial charge in [-0.25, -0.2) is 0 Å². The summed E-state index contributed by atoms with van der Waals surface area (Å²) in [6, 6.07) is 0. The molecule has 1 saturated carbocycles. The maximum Gasteiger partial charge on any atom is 0.225 e. The minimum Gasteiger partial charge on any atom is -0.281 e. The molecule has 0 N–H and O–H groups in total. The second-order valence-electron chi connectivity index (χ2n) is 5.89. The van der Waals surface area contributed by atoms with Crippen LogP contribution in [0.4, 0.5) is 0 Å². The molecule has 0 amide bonds. The lowest BCUT2D eigenvalue weighted by molar-refractivity contribution is -0.113. The highest BCUT2D eigenvalue weighted by Crippen LogP contribution is 2.60. The number of allylic oxidation sites excluding steroid dienone is 2. The van der Waals surface area contributed by atoms with E-state index in [9.17, 15) is 4.79 Å². The molecule has 1 aliphatic carbocycles. The molecule has 2 atom stereocenters. The molecule has 0 unspecified atom stereocenters. The molecule has 0 bridgehead atoms. The quantitative estimate of drug-likeness (QED) is 0.670. The Bertz CT molecular complexity index is 310. The lowest BCUT2D eigenvalue weighted by Gasteiger charge is -2.17. The van der Waals surface area contributed by atoms with Crippen molar-refractivity contribution >= 4 is 28.4 Å². The Labute approximate surface area is 102 Å². The summed E-state index contributed by atoms with van der Waals surface area (Å²) < 4.78 is 0. The zero-order valence-corrected chi connectivity index (χ0v) is 11.4. The van der Waals surface area contributed by atoms with Crippen LogP contribution in [0.1, 0.15) is 34.6 Å². The molecule has 1 fully saturated rings. The molecule has 0 spiro atoms. The van der Waals surface area contributed by atoms with Crippen LogP contribution in [0.5, 0.6) is 0 Å². The minimum absolute atomic E-state index is 0.0375. The third-order valence-corrected chi connectivity index (χ3v) is 4.13. The van der Waals surface area contributed by atoms with Crippen molar-refractivity contribution < 1.29 is 4.79 Å². The van der Waals surface area contributed by atoms with Gasteiger partial charge in [0.2, 0.25) is 5.24 Å². The van der Waals surface area contributed by atoms with Crippen molar-refractivity contribution in [2.45, 2.75) is 34.6 Å². The van der Waals surface area contributed by atoms with Gasteiger partial charge < -0.3 is 0 Å². The largest absolute Gasteiger partial charge is 0.281 e. The molecule has 0 heterocycles. The van der Waals surface area contributed by atoms with Gasteiger partial charge in [-0.15, -0.1) is 0 Å². The maximum atomic E-state index is 11.2. The van der Waals surface area contributed by atoms with Crippen molar-refractivity contribution in [1.29, 1.82) is 0 Å². The Hall–Kier alpha value is -0.0100. The van der Waals surface area contributed by atoms with Crippen LogP contribution < -0.4 is 0 Å². The molecule has 15 heavy (non-hydrogen) atoms. The van der Waals surface area contributed by atoms with E-state index in [1.54, 1.807) is 0 Å². The van der Waals surface area contributed by atoms with E-state index < -0.39 is 0 Å². The zero-order valence-electron chi connectivity index (χ0n) is 9.90. The fraction of sp³-hybridized carbons (Fsp3) is 0.750. The topological polar surface area (TPSA) is 17.1 Å². The Morgan fingerprint density at radius 2 is 1.73 bits per heavy atom. The predicted molar refractivity (Wildman–Crippen MR) is 65.0 cm³/mol. The third kappa shape index (κ3) is 2.57. The van der Waals surface area contributed by atoms with Gasteiger partial charge in [0, 0.05) is 11.0 Å². The van der Waals surface area contributed by atoms with E-state index in [0.29, 0.717) is 0 Å². The molecule has 0 aromatic heterocycles. The lowest BCUT2D eigenvalue weighted by Crippen LogP contribution is -2.05. The number of hydrogen-bond donors (Lipinski definition) is 0. The van der Waals surface area contributed by atoms with Gasteiger partial charge in [0.1, 0.15) is 0 Å². The van der Waals surface area contributed by atoms with Crippen molar-refractivity contribution in [2.24, 2.45) is 22.7 Å². The predicted octanol–water partition coefficient (Wildman–Crippen LogP) is 4.19. The molecule has 86 valence electrons. The van der Waals surface area contributed by atoms with E-state index in [-0.39, 0.29) is 27.9 Å². The second-order valence-corrected chi connectivity index (χ2v) is 6.67. The van der Waals surface area contributed by atoms with Gasteiger partial charge in [-0.1, -0.05) is 52.3 Å². The van der Waals surface area contributed by atoms with Crippen molar-refractivity contribution in [1.82, 2.24) is 0 Å². The maximum absolute atomic E-state index is 11.2. The first kappa shape index (κ1) is 13.1. The highest BCUT2D eigenvalue weighted by molar-refractivity contribution is 6.64. The average molecular weight is 249 g/mol. The smallest absolute Gasteiger partial charge is 0.225 e. The summed E-state index contributed by atoms with van der Waals surface area (Å²) in [5.41, 5.74) is -0.0929. The molecule has 0 radical (unpaired) electrons. The number of carbonyl (C=O) groups is 1. The summed E-state index contributed by atoms with van der Waals surface area (Å²) >= 11 is 11.7. The van der Waals surface area contributed by atoms with Crippen molar-refractivity contribution in [3.63, 3.8) is 0 Å². The normalized spacial score (nSPS) is 30.2. The molecule has 0 saturated heterocycles. The van der Waals surface area contributed by atoms with Crippen LogP contribution >= 0.6 is 23.2 Å². The standard InChI is InChI=1S/C12H18Cl2O/c1-11(2,3)8(13)6-7-9(10(14)15)12(7,4)5/h6-7,9H,1-5H3/t7-,9+/m1/s1. The van der Waals surface area contributed by atoms with Crippen LogP contribution in [0.15, 0.2) is 11.1 Å². The number of halogens is 2. The highest BCUT2D eigenvalue weighted by atomic mass is 35.5. The molecule has 1 nitrogen and oxygen atoms in total. The number of hydrogen-bond acceptors (Lipinski definition) is 1. The molecule has 3 heteroatoms. The van der Waals surface area contributed by atoms with Gasteiger partial charge in [-0.3, -0.25) is 4.79 Å². The molecular weight excluding hydrogens is 231 g/mol. The molecular formula is C12H18Cl2O. The molecule has 1 rings (SSSR count). The summed E-state index contributed by atoms with van der Waals surface area (Å²) in [5, 5.41) is 0.556. The molecule has 1 aliphatic rings. The average Bonchev–Trinajstić information content (AvgIpc) is 2.50.